The number of hydrogen-bond donors (Lipinski definition) is 2. The Morgan fingerprint density at radius 3 is 2.69 bits per heavy atom. The minimum Gasteiger partial charge on any atom is -0.355 e. The number of nitrogens with one attached hydrogen (secondary N) is 2. The molecule has 2 heterocycles. The molecule has 3 rings (SSSR count). The van der Waals surface area contributed by atoms with E-state index in [4.69, 9.17) is 9.05 Å². The molecule has 0 saturated carbocycles. The molecule has 0 aliphatic rings. The molecule has 26 heavy (non-hydrogen) atoms. The summed E-state index contributed by atoms with van der Waals surface area (Å²) in [5, 5.41) is 13.5. The van der Waals surface area contributed by atoms with Crippen LogP contribution in [0.2, 0.25) is 0 Å². The first-order chi connectivity index (χ1) is 12.2. The highest BCUT2D eigenvalue weighted by Crippen LogP contribution is 2.19. The Balaban J connectivity index is 0.00000243. The molecule has 0 radical (unpaired) electrons. The van der Waals surface area contributed by atoms with Gasteiger partial charge < -0.3 is 19.7 Å². The predicted molar refractivity (Wildman–Crippen MR) is 96.9 cm³/mol. The number of amides is 1. The Morgan fingerprint density at radius 1 is 1.19 bits per heavy atom. The highest BCUT2D eigenvalue weighted by atomic mass is 35.5. The van der Waals surface area contributed by atoms with Crippen LogP contribution < -0.4 is 10.6 Å². The molecule has 0 spiro atoms. The third-order valence-electron chi connectivity index (χ3n) is 3.69. The molecule has 0 fully saturated rings. The molecular weight excluding hydrogens is 358 g/mol. The lowest BCUT2D eigenvalue weighted by atomic mass is 10.1. The van der Waals surface area contributed by atoms with Gasteiger partial charge in [0.05, 0.1) is 6.54 Å². The minimum absolute atomic E-state index is 0. The summed E-state index contributed by atoms with van der Waals surface area (Å²) in [5.74, 6) is 1.11. The quantitative estimate of drug-likeness (QED) is 0.650. The summed E-state index contributed by atoms with van der Waals surface area (Å²) >= 11 is 0. The van der Waals surface area contributed by atoms with E-state index >= 15 is 0 Å². The second-order valence-corrected chi connectivity index (χ2v) is 5.62. The van der Waals surface area contributed by atoms with E-state index in [-0.39, 0.29) is 36.6 Å². The van der Waals surface area contributed by atoms with E-state index in [1.807, 2.05) is 44.3 Å². The number of nitrogens with zero attached hydrogens (tertiary/aromatic N) is 3. The predicted octanol–water partition coefficient (Wildman–Crippen LogP) is 2.23. The van der Waals surface area contributed by atoms with E-state index in [1.54, 1.807) is 6.07 Å². The third kappa shape index (κ3) is 4.90. The number of carbonyl (C=O) groups is 1. The zero-order valence-corrected chi connectivity index (χ0v) is 15.2. The average molecular weight is 378 g/mol. The first-order valence-corrected chi connectivity index (χ1v) is 7.94. The summed E-state index contributed by atoms with van der Waals surface area (Å²) in [6.45, 7) is 2.15. The Hall–Kier alpha value is -2.71. The van der Waals surface area contributed by atoms with Gasteiger partial charge >= 0.3 is 0 Å². The maximum atomic E-state index is 12.2. The van der Waals surface area contributed by atoms with E-state index in [0.29, 0.717) is 23.9 Å². The normalized spacial score (nSPS) is 11.6. The SMILES string of the molecule is CNC(C)Cc1noc(CNC(=O)c2cc(-c3ccccc3)on2)n1.Cl. The molecule has 2 N–H and O–H groups in total. The van der Waals surface area contributed by atoms with Crippen molar-refractivity contribution in [2.75, 3.05) is 7.05 Å². The number of halogens is 1. The van der Waals surface area contributed by atoms with Gasteiger partial charge in [0, 0.05) is 24.1 Å². The fourth-order valence-corrected chi connectivity index (χ4v) is 2.19. The maximum Gasteiger partial charge on any atom is 0.273 e. The topological polar surface area (TPSA) is 106 Å². The van der Waals surface area contributed by atoms with Crippen molar-refractivity contribution in [1.29, 1.82) is 0 Å². The Morgan fingerprint density at radius 2 is 1.96 bits per heavy atom. The monoisotopic (exact) mass is 377 g/mol. The van der Waals surface area contributed by atoms with Gasteiger partial charge in [-0.25, -0.2) is 0 Å². The van der Waals surface area contributed by atoms with Crippen molar-refractivity contribution in [3.63, 3.8) is 0 Å². The highest BCUT2D eigenvalue weighted by Gasteiger charge is 2.15. The van der Waals surface area contributed by atoms with Crippen LogP contribution in [0.4, 0.5) is 0 Å². The number of rotatable bonds is 7. The number of hydrogen-bond acceptors (Lipinski definition) is 7. The standard InChI is InChI=1S/C17H19N5O3.ClH/c1-11(18-2)8-15-20-16(25-22-15)10-19-17(23)13-9-14(24-21-13)12-6-4-3-5-7-12;/h3-7,9,11,18H,8,10H2,1-2H3,(H,19,23);1H. The lowest BCUT2D eigenvalue weighted by molar-refractivity contribution is 0.0937. The van der Waals surface area contributed by atoms with Crippen molar-refractivity contribution in [2.45, 2.75) is 25.9 Å². The Kier molecular flexibility index (Phi) is 6.88. The average Bonchev–Trinajstić information content (AvgIpc) is 3.30. The minimum atomic E-state index is -0.366. The molecule has 0 aliphatic heterocycles. The molecule has 8 nitrogen and oxygen atoms in total. The van der Waals surface area contributed by atoms with E-state index in [1.165, 1.54) is 0 Å². The Labute approximate surface area is 156 Å². The molecule has 0 saturated heterocycles. The van der Waals surface area contributed by atoms with Crippen LogP contribution in [0.3, 0.4) is 0 Å². The Bertz CT molecular complexity index is 834. The summed E-state index contributed by atoms with van der Waals surface area (Å²) in [6, 6.07) is 11.3. The fraction of sp³-hybridized carbons (Fsp3) is 0.294. The van der Waals surface area contributed by atoms with E-state index in [9.17, 15) is 4.79 Å². The van der Waals surface area contributed by atoms with Crippen LogP contribution in [0, 0.1) is 0 Å². The molecule has 1 unspecified atom stereocenters. The van der Waals surface area contributed by atoms with E-state index in [0.717, 1.165) is 5.56 Å². The van der Waals surface area contributed by atoms with Crippen LogP contribution in [-0.2, 0) is 13.0 Å². The van der Waals surface area contributed by atoms with E-state index in [2.05, 4.69) is 25.9 Å². The lowest BCUT2D eigenvalue weighted by Crippen LogP contribution is -2.24. The number of carbonyl (C=O) groups excluding carboxylic acids is 1. The van der Waals surface area contributed by atoms with Crippen molar-refractivity contribution in [3.8, 4) is 11.3 Å². The van der Waals surface area contributed by atoms with Crippen molar-refractivity contribution in [3.05, 3.63) is 53.8 Å². The third-order valence-corrected chi connectivity index (χ3v) is 3.69. The molecule has 1 amide bonds. The van der Waals surface area contributed by atoms with Gasteiger partial charge in [-0.05, 0) is 14.0 Å². The fourth-order valence-electron chi connectivity index (χ4n) is 2.19. The van der Waals surface area contributed by atoms with Gasteiger partial charge in [-0.1, -0.05) is 40.6 Å². The molecular formula is C17H20ClN5O3. The second kappa shape index (κ2) is 9.12. The van der Waals surface area contributed by atoms with Crippen molar-refractivity contribution < 1.29 is 13.8 Å². The van der Waals surface area contributed by atoms with Gasteiger partial charge in [-0.3, -0.25) is 4.79 Å². The molecule has 138 valence electrons. The van der Waals surface area contributed by atoms with Crippen molar-refractivity contribution >= 4 is 18.3 Å². The van der Waals surface area contributed by atoms with Crippen LogP contribution in [0.1, 0.15) is 29.1 Å². The summed E-state index contributed by atoms with van der Waals surface area (Å²) < 4.78 is 10.3. The van der Waals surface area contributed by atoms with Crippen molar-refractivity contribution in [1.82, 2.24) is 25.9 Å². The van der Waals surface area contributed by atoms with Crippen LogP contribution in [0.15, 0.2) is 45.4 Å². The molecule has 2 aromatic heterocycles. The molecule has 0 bridgehead atoms. The number of aromatic nitrogens is 3. The molecule has 1 atom stereocenters. The first kappa shape index (κ1) is 19.6. The van der Waals surface area contributed by atoms with Gasteiger partial charge in [0.15, 0.2) is 17.3 Å². The lowest BCUT2D eigenvalue weighted by Gasteiger charge is -2.04. The summed E-state index contributed by atoms with van der Waals surface area (Å²) in [7, 11) is 1.87. The summed E-state index contributed by atoms with van der Waals surface area (Å²) in [4.78, 5) is 16.4. The zero-order valence-electron chi connectivity index (χ0n) is 14.4. The maximum absolute atomic E-state index is 12.2. The number of benzene rings is 1. The van der Waals surface area contributed by atoms with Crippen LogP contribution in [0.25, 0.3) is 11.3 Å². The van der Waals surface area contributed by atoms with Crippen LogP contribution in [0.5, 0.6) is 0 Å². The van der Waals surface area contributed by atoms with Gasteiger partial charge in [0.25, 0.3) is 5.91 Å². The van der Waals surface area contributed by atoms with Gasteiger partial charge in [-0.15, -0.1) is 12.4 Å². The molecule has 9 heteroatoms. The summed E-state index contributed by atoms with van der Waals surface area (Å²) in [5.41, 5.74) is 1.05. The van der Waals surface area contributed by atoms with E-state index < -0.39 is 0 Å². The van der Waals surface area contributed by atoms with Gasteiger partial charge in [-0.2, -0.15) is 4.98 Å². The smallest absolute Gasteiger partial charge is 0.273 e. The molecule has 1 aromatic carbocycles. The second-order valence-electron chi connectivity index (χ2n) is 5.62. The van der Waals surface area contributed by atoms with Crippen molar-refractivity contribution in [2.24, 2.45) is 0 Å². The van der Waals surface area contributed by atoms with Gasteiger partial charge in [0.1, 0.15) is 0 Å². The molecule has 0 aliphatic carbocycles. The van der Waals surface area contributed by atoms with Crippen LogP contribution >= 0.6 is 12.4 Å². The number of likely N-dealkylation sites (N-methyl/N-ethyl adjacent to an activating group) is 1. The largest absolute Gasteiger partial charge is 0.355 e. The molecule has 3 aromatic rings. The zero-order chi connectivity index (χ0) is 17.6. The highest BCUT2D eigenvalue weighted by molar-refractivity contribution is 5.92. The first-order valence-electron chi connectivity index (χ1n) is 7.94. The summed E-state index contributed by atoms with van der Waals surface area (Å²) in [6.07, 6.45) is 0.650. The van der Waals surface area contributed by atoms with Gasteiger partial charge in [0.2, 0.25) is 5.89 Å². The van der Waals surface area contributed by atoms with Crippen LogP contribution in [-0.4, -0.2) is 34.3 Å².